The molecule has 1 amide bonds. The topological polar surface area (TPSA) is 91.7 Å². The van der Waals surface area contributed by atoms with Gasteiger partial charge in [0, 0.05) is 16.5 Å². The average molecular weight is 435 g/mol. The quantitative estimate of drug-likeness (QED) is 0.529. The van der Waals surface area contributed by atoms with Gasteiger partial charge >= 0.3 is 0 Å². The Morgan fingerprint density at radius 3 is 2.81 bits per heavy atom. The molecule has 0 saturated heterocycles. The third-order valence-corrected chi connectivity index (χ3v) is 5.78. The smallest absolute Gasteiger partial charge is 0.281 e. The lowest BCUT2D eigenvalue weighted by Crippen LogP contribution is -2.33. The van der Waals surface area contributed by atoms with Crippen molar-refractivity contribution in [2.45, 2.75) is 0 Å². The van der Waals surface area contributed by atoms with E-state index in [1.807, 2.05) is 35.7 Å². The molecule has 8 nitrogen and oxygen atoms in total. The van der Waals surface area contributed by atoms with Crippen LogP contribution in [0.2, 0.25) is 0 Å². The van der Waals surface area contributed by atoms with Crippen molar-refractivity contribution in [1.82, 2.24) is 9.66 Å². The summed E-state index contributed by atoms with van der Waals surface area (Å²) in [7, 11) is 1.49. The summed E-state index contributed by atoms with van der Waals surface area (Å²) in [5.41, 5.74) is 4.20. The van der Waals surface area contributed by atoms with E-state index in [4.69, 9.17) is 14.2 Å². The Labute approximate surface area is 180 Å². The molecule has 0 radical (unpaired) electrons. The molecular formula is C22H17N3O5S. The molecule has 1 N–H and O–H groups in total. The summed E-state index contributed by atoms with van der Waals surface area (Å²) in [5.74, 6) is 0.750. The third-order valence-electron chi connectivity index (χ3n) is 4.89. The van der Waals surface area contributed by atoms with E-state index in [0.29, 0.717) is 40.7 Å². The lowest BCUT2D eigenvalue weighted by atomic mass is 10.1. The molecule has 5 rings (SSSR count). The van der Waals surface area contributed by atoms with Crippen LogP contribution in [0.3, 0.4) is 0 Å². The van der Waals surface area contributed by atoms with Crippen molar-refractivity contribution < 1.29 is 19.0 Å². The summed E-state index contributed by atoms with van der Waals surface area (Å²) < 4.78 is 17.6. The number of carbonyl (C=O) groups excluding carboxylic acids is 1. The molecule has 2 aromatic heterocycles. The van der Waals surface area contributed by atoms with Crippen molar-refractivity contribution in [1.29, 1.82) is 0 Å². The predicted octanol–water partition coefficient (Wildman–Crippen LogP) is 3.29. The molecule has 31 heavy (non-hydrogen) atoms. The fourth-order valence-electron chi connectivity index (χ4n) is 3.42. The van der Waals surface area contributed by atoms with Crippen LogP contribution in [0.15, 0.2) is 59.0 Å². The van der Waals surface area contributed by atoms with E-state index in [2.05, 4.69) is 10.4 Å². The number of methoxy groups -OCH3 is 1. The number of benzene rings is 2. The fraction of sp³-hybridized carbons (Fsp3) is 0.136. The normalized spacial score (nSPS) is 12.5. The highest BCUT2D eigenvalue weighted by molar-refractivity contribution is 7.17. The lowest BCUT2D eigenvalue weighted by Gasteiger charge is -2.21. The maximum absolute atomic E-state index is 13.2. The van der Waals surface area contributed by atoms with Gasteiger partial charge in [0.05, 0.1) is 12.5 Å². The minimum Gasteiger partial charge on any atom is -0.493 e. The van der Waals surface area contributed by atoms with Gasteiger partial charge in [-0.1, -0.05) is 30.3 Å². The van der Waals surface area contributed by atoms with E-state index in [1.54, 1.807) is 12.1 Å². The highest BCUT2D eigenvalue weighted by Gasteiger charge is 2.22. The predicted molar refractivity (Wildman–Crippen MR) is 117 cm³/mol. The first kappa shape index (κ1) is 19.1. The van der Waals surface area contributed by atoms with Crippen molar-refractivity contribution in [3.63, 3.8) is 0 Å². The average Bonchev–Trinajstić information content (AvgIpc) is 3.25. The number of nitrogens with zero attached hydrogens (tertiary/aromatic N) is 2. The maximum atomic E-state index is 13.2. The number of hydrogen-bond donors (Lipinski definition) is 1. The lowest BCUT2D eigenvalue weighted by molar-refractivity contribution is 0.100. The monoisotopic (exact) mass is 435 g/mol. The molecule has 3 heterocycles. The number of aromatic nitrogens is 2. The number of amides is 1. The molecule has 4 aromatic rings. The first-order valence-electron chi connectivity index (χ1n) is 9.49. The van der Waals surface area contributed by atoms with E-state index in [-0.39, 0.29) is 11.1 Å². The molecule has 0 fully saturated rings. The number of nitrogens with one attached hydrogen (secondary N) is 1. The molecule has 0 spiro atoms. The number of hydrogen-bond acceptors (Lipinski definition) is 7. The second kappa shape index (κ2) is 7.77. The summed E-state index contributed by atoms with van der Waals surface area (Å²) in [4.78, 5) is 31.0. The van der Waals surface area contributed by atoms with Gasteiger partial charge in [-0.25, -0.2) is 9.66 Å². The molecule has 1 aliphatic rings. The maximum Gasteiger partial charge on any atom is 0.281 e. The molecule has 0 bridgehead atoms. The fourth-order valence-corrected chi connectivity index (χ4v) is 4.33. The SMILES string of the molecule is COc1cc(C(=O)Nn2cnc3scc(-c4ccccc4)c3c2=O)cc2c1OCCO2. The minimum atomic E-state index is -0.505. The van der Waals surface area contributed by atoms with E-state index in [1.165, 1.54) is 24.8 Å². The number of carbonyl (C=O) groups is 1. The largest absolute Gasteiger partial charge is 0.493 e. The van der Waals surface area contributed by atoms with Gasteiger partial charge in [0.15, 0.2) is 11.5 Å². The van der Waals surface area contributed by atoms with Gasteiger partial charge in [-0.05, 0) is 17.7 Å². The summed E-state index contributed by atoms with van der Waals surface area (Å²) >= 11 is 1.38. The third kappa shape index (κ3) is 3.38. The minimum absolute atomic E-state index is 0.265. The van der Waals surface area contributed by atoms with E-state index in [9.17, 15) is 9.59 Å². The van der Waals surface area contributed by atoms with Gasteiger partial charge in [0.1, 0.15) is 24.4 Å². The number of fused-ring (bicyclic) bond motifs is 2. The van der Waals surface area contributed by atoms with Crippen molar-refractivity contribution >= 4 is 27.5 Å². The highest BCUT2D eigenvalue weighted by atomic mass is 32.1. The van der Waals surface area contributed by atoms with Gasteiger partial charge in [-0.3, -0.25) is 15.0 Å². The number of thiophene rings is 1. The van der Waals surface area contributed by atoms with Crippen molar-refractivity contribution in [2.75, 3.05) is 25.7 Å². The molecule has 2 aromatic carbocycles. The van der Waals surface area contributed by atoms with Crippen molar-refractivity contribution in [3.05, 3.63) is 70.1 Å². The van der Waals surface area contributed by atoms with Crippen LogP contribution < -0.4 is 25.2 Å². The molecule has 0 aliphatic carbocycles. The van der Waals surface area contributed by atoms with Crippen LogP contribution in [0.4, 0.5) is 0 Å². The molecular weight excluding hydrogens is 418 g/mol. The van der Waals surface area contributed by atoms with Crippen molar-refractivity contribution in [2.24, 2.45) is 0 Å². The summed E-state index contributed by atoms with van der Waals surface area (Å²) in [6, 6.07) is 12.7. The molecule has 0 atom stereocenters. The van der Waals surface area contributed by atoms with Crippen LogP contribution in [0.25, 0.3) is 21.3 Å². The summed E-state index contributed by atoms with van der Waals surface area (Å²) in [6.07, 6.45) is 1.31. The Balaban J connectivity index is 1.52. The molecule has 9 heteroatoms. The summed E-state index contributed by atoms with van der Waals surface area (Å²) in [6.45, 7) is 0.780. The zero-order chi connectivity index (χ0) is 21.4. The molecule has 0 saturated carbocycles. The van der Waals surface area contributed by atoms with E-state index in [0.717, 1.165) is 15.8 Å². The second-order valence-electron chi connectivity index (χ2n) is 6.76. The second-order valence-corrected chi connectivity index (χ2v) is 7.62. The highest BCUT2D eigenvalue weighted by Crippen LogP contribution is 2.40. The Hall–Kier alpha value is -3.85. The summed E-state index contributed by atoms with van der Waals surface area (Å²) in [5, 5.41) is 2.35. The molecule has 1 aliphatic heterocycles. The first-order valence-corrected chi connectivity index (χ1v) is 10.4. The van der Waals surface area contributed by atoms with Gasteiger partial charge in [-0.15, -0.1) is 11.3 Å². The standard InChI is InChI=1S/C22H17N3O5S/c1-28-16-9-14(10-17-19(16)30-8-7-29-17)20(26)24-25-12-23-21-18(22(25)27)15(11-31-21)13-5-3-2-4-6-13/h2-6,9-12H,7-8H2,1H3,(H,24,26). The van der Waals surface area contributed by atoms with Crippen LogP contribution in [0, 0.1) is 0 Å². The van der Waals surface area contributed by atoms with Crippen LogP contribution in [-0.4, -0.2) is 35.9 Å². The molecule has 156 valence electrons. The van der Waals surface area contributed by atoms with Crippen molar-refractivity contribution in [3.8, 4) is 28.4 Å². The van der Waals surface area contributed by atoms with Gasteiger partial charge in [-0.2, -0.15) is 0 Å². The van der Waals surface area contributed by atoms with Gasteiger partial charge in [0.2, 0.25) is 5.75 Å². The van der Waals surface area contributed by atoms with Crippen LogP contribution in [-0.2, 0) is 0 Å². The van der Waals surface area contributed by atoms with Crippen LogP contribution in [0.5, 0.6) is 17.2 Å². The number of rotatable bonds is 4. The number of ether oxygens (including phenoxy) is 3. The first-order chi connectivity index (χ1) is 15.2. The van der Waals surface area contributed by atoms with E-state index >= 15 is 0 Å². The van der Waals surface area contributed by atoms with Gasteiger partial charge in [0.25, 0.3) is 11.5 Å². The van der Waals surface area contributed by atoms with E-state index < -0.39 is 5.91 Å². The Bertz CT molecular complexity index is 1330. The van der Waals surface area contributed by atoms with Crippen LogP contribution >= 0.6 is 11.3 Å². The van der Waals surface area contributed by atoms with Crippen LogP contribution in [0.1, 0.15) is 10.4 Å². The Morgan fingerprint density at radius 1 is 1.19 bits per heavy atom. The zero-order valence-electron chi connectivity index (χ0n) is 16.5. The zero-order valence-corrected chi connectivity index (χ0v) is 17.3. The Morgan fingerprint density at radius 2 is 2.00 bits per heavy atom. The molecule has 0 unspecified atom stereocenters. The Kier molecular flexibility index (Phi) is 4.79. The van der Waals surface area contributed by atoms with Gasteiger partial charge < -0.3 is 14.2 Å².